The monoisotopic (exact) mass is 265 g/mol. The van der Waals surface area contributed by atoms with Crippen LogP contribution in [0.1, 0.15) is 18.5 Å². The number of hydrogen-bond donors (Lipinski definition) is 2. The van der Waals surface area contributed by atoms with Gasteiger partial charge in [0.25, 0.3) is 5.91 Å². The van der Waals surface area contributed by atoms with Gasteiger partial charge in [-0.25, -0.2) is 0 Å². The van der Waals surface area contributed by atoms with Gasteiger partial charge in [-0.3, -0.25) is 4.79 Å². The molecule has 0 heterocycles. The van der Waals surface area contributed by atoms with E-state index in [0.29, 0.717) is 12.3 Å². The van der Waals surface area contributed by atoms with Gasteiger partial charge in [0, 0.05) is 33.2 Å². The molecule has 0 radical (unpaired) electrons. The number of hydrogen-bond acceptors (Lipinski definition) is 4. The van der Waals surface area contributed by atoms with Crippen LogP contribution in [0.25, 0.3) is 0 Å². The smallest absolute Gasteiger partial charge is 0.259 e. The summed E-state index contributed by atoms with van der Waals surface area (Å²) in [4.78, 5) is 12.9. The molecule has 106 valence electrons. The van der Waals surface area contributed by atoms with Crippen molar-refractivity contribution < 1.29 is 9.53 Å². The average Bonchev–Trinajstić information content (AvgIpc) is 2.42. The van der Waals surface area contributed by atoms with E-state index in [-0.39, 0.29) is 18.6 Å². The molecule has 1 amide bonds. The number of carbonyl (C=O) groups is 1. The van der Waals surface area contributed by atoms with Gasteiger partial charge in [-0.15, -0.1) is 0 Å². The highest BCUT2D eigenvalue weighted by Crippen LogP contribution is 2.17. The molecule has 0 spiro atoms. The summed E-state index contributed by atoms with van der Waals surface area (Å²) in [6.45, 7) is 3.56. The van der Waals surface area contributed by atoms with Crippen molar-refractivity contribution in [2.45, 2.75) is 13.0 Å². The van der Waals surface area contributed by atoms with Gasteiger partial charge >= 0.3 is 0 Å². The maximum atomic E-state index is 11.4. The summed E-state index contributed by atoms with van der Waals surface area (Å²) in [5.74, 6) is 0.645. The number of nitrogens with one attached hydrogen (secondary N) is 1. The van der Waals surface area contributed by atoms with Crippen LogP contribution in [0.4, 0.5) is 0 Å². The van der Waals surface area contributed by atoms with Gasteiger partial charge in [-0.1, -0.05) is 12.1 Å². The fraction of sp³-hybridized carbons (Fsp3) is 0.500. The lowest BCUT2D eigenvalue weighted by Gasteiger charge is -2.15. The number of ether oxygens (including phenoxy) is 1. The lowest BCUT2D eigenvalue weighted by atomic mass is 10.1. The Labute approximate surface area is 114 Å². The number of rotatable bonds is 7. The van der Waals surface area contributed by atoms with E-state index in [1.54, 1.807) is 14.1 Å². The van der Waals surface area contributed by atoms with E-state index in [1.165, 1.54) is 10.5 Å². The predicted octanol–water partition coefficient (Wildman–Crippen LogP) is 0.763. The second-order valence-corrected chi connectivity index (χ2v) is 4.61. The summed E-state index contributed by atoms with van der Waals surface area (Å²) in [7, 11) is 3.42. The van der Waals surface area contributed by atoms with Crippen molar-refractivity contribution in [2.24, 2.45) is 5.73 Å². The van der Waals surface area contributed by atoms with Gasteiger partial charge in [0.15, 0.2) is 6.61 Å². The standard InChI is InChI=1S/C14H23N3O2/c1-11(16-9-8-15)12-4-6-13(7-5-12)19-10-14(18)17(2)3/h4-7,11,16H,8-10,15H2,1-3H3. The van der Waals surface area contributed by atoms with Crippen LogP contribution in [0.15, 0.2) is 24.3 Å². The van der Waals surface area contributed by atoms with Gasteiger partial charge in [-0.05, 0) is 24.6 Å². The van der Waals surface area contributed by atoms with Crippen LogP contribution in [-0.4, -0.2) is 44.6 Å². The minimum Gasteiger partial charge on any atom is -0.484 e. The van der Waals surface area contributed by atoms with E-state index in [1.807, 2.05) is 24.3 Å². The Bertz CT molecular complexity index is 390. The van der Waals surface area contributed by atoms with Crippen LogP contribution < -0.4 is 15.8 Å². The zero-order valence-electron chi connectivity index (χ0n) is 11.8. The second kappa shape index (κ2) is 7.76. The topological polar surface area (TPSA) is 67.6 Å². The van der Waals surface area contributed by atoms with Crippen LogP contribution >= 0.6 is 0 Å². The first-order chi connectivity index (χ1) is 9.04. The molecule has 1 atom stereocenters. The molecule has 5 nitrogen and oxygen atoms in total. The molecular formula is C14H23N3O2. The molecule has 1 rings (SSSR count). The fourth-order valence-electron chi connectivity index (χ4n) is 1.54. The normalized spacial score (nSPS) is 12.0. The molecule has 1 aromatic carbocycles. The molecule has 1 unspecified atom stereocenters. The largest absolute Gasteiger partial charge is 0.484 e. The number of amides is 1. The maximum absolute atomic E-state index is 11.4. The molecule has 0 aromatic heterocycles. The van der Waals surface area contributed by atoms with E-state index in [4.69, 9.17) is 10.5 Å². The van der Waals surface area contributed by atoms with Crippen molar-refractivity contribution in [1.29, 1.82) is 0 Å². The maximum Gasteiger partial charge on any atom is 0.259 e. The molecule has 0 aliphatic carbocycles. The van der Waals surface area contributed by atoms with E-state index in [9.17, 15) is 4.79 Å². The number of nitrogens with two attached hydrogens (primary N) is 1. The van der Waals surface area contributed by atoms with Gasteiger partial charge in [0.1, 0.15) is 5.75 Å². The Kier molecular flexibility index (Phi) is 6.32. The third-order valence-electron chi connectivity index (χ3n) is 2.84. The minimum atomic E-state index is -0.0537. The van der Waals surface area contributed by atoms with Crippen molar-refractivity contribution in [1.82, 2.24) is 10.2 Å². The molecule has 0 aliphatic heterocycles. The van der Waals surface area contributed by atoms with E-state index >= 15 is 0 Å². The second-order valence-electron chi connectivity index (χ2n) is 4.61. The Morgan fingerprint density at radius 2 is 2.00 bits per heavy atom. The summed E-state index contributed by atoms with van der Waals surface area (Å²) in [5.41, 5.74) is 6.62. The Balaban J connectivity index is 2.49. The van der Waals surface area contributed by atoms with Crippen LogP contribution in [0.2, 0.25) is 0 Å². The first kappa shape index (κ1) is 15.5. The molecule has 5 heteroatoms. The molecule has 0 saturated carbocycles. The zero-order chi connectivity index (χ0) is 14.3. The van der Waals surface area contributed by atoms with Gasteiger partial charge < -0.3 is 20.7 Å². The predicted molar refractivity (Wildman–Crippen MR) is 76.1 cm³/mol. The van der Waals surface area contributed by atoms with Gasteiger partial charge in [-0.2, -0.15) is 0 Å². The summed E-state index contributed by atoms with van der Waals surface area (Å²) < 4.78 is 5.41. The van der Waals surface area contributed by atoms with E-state index in [0.717, 1.165) is 6.54 Å². The molecule has 0 bridgehead atoms. The van der Waals surface area contributed by atoms with Crippen LogP contribution in [0.5, 0.6) is 5.75 Å². The minimum absolute atomic E-state index is 0.0537. The molecule has 3 N–H and O–H groups in total. The molecule has 0 fully saturated rings. The Morgan fingerprint density at radius 3 is 2.53 bits per heavy atom. The zero-order valence-corrected chi connectivity index (χ0v) is 11.8. The number of benzene rings is 1. The number of carbonyl (C=O) groups excluding carboxylic acids is 1. The van der Waals surface area contributed by atoms with Crippen LogP contribution in [0.3, 0.4) is 0 Å². The highest BCUT2D eigenvalue weighted by Gasteiger charge is 2.06. The van der Waals surface area contributed by atoms with Crippen molar-refractivity contribution in [3.05, 3.63) is 29.8 Å². The molecule has 0 saturated heterocycles. The molecular weight excluding hydrogens is 242 g/mol. The highest BCUT2D eigenvalue weighted by molar-refractivity contribution is 5.77. The average molecular weight is 265 g/mol. The number of nitrogens with zero attached hydrogens (tertiary/aromatic N) is 1. The Morgan fingerprint density at radius 1 is 1.37 bits per heavy atom. The number of likely N-dealkylation sites (N-methyl/N-ethyl adjacent to an activating group) is 1. The van der Waals surface area contributed by atoms with Crippen molar-refractivity contribution >= 4 is 5.91 Å². The molecule has 0 aliphatic rings. The first-order valence-electron chi connectivity index (χ1n) is 6.41. The van der Waals surface area contributed by atoms with Crippen LogP contribution in [0, 0.1) is 0 Å². The van der Waals surface area contributed by atoms with Gasteiger partial charge in [0.05, 0.1) is 0 Å². The lowest BCUT2D eigenvalue weighted by molar-refractivity contribution is -0.130. The summed E-state index contributed by atoms with van der Waals surface area (Å²) in [6.07, 6.45) is 0. The van der Waals surface area contributed by atoms with E-state index in [2.05, 4.69) is 12.2 Å². The fourth-order valence-corrected chi connectivity index (χ4v) is 1.54. The highest BCUT2D eigenvalue weighted by atomic mass is 16.5. The molecule has 1 aromatic rings. The summed E-state index contributed by atoms with van der Waals surface area (Å²) in [5, 5.41) is 3.31. The van der Waals surface area contributed by atoms with Crippen molar-refractivity contribution in [3.63, 3.8) is 0 Å². The van der Waals surface area contributed by atoms with Crippen LogP contribution in [-0.2, 0) is 4.79 Å². The van der Waals surface area contributed by atoms with Crippen molar-refractivity contribution in [3.8, 4) is 5.75 Å². The third kappa shape index (κ3) is 5.28. The quantitative estimate of drug-likeness (QED) is 0.764. The van der Waals surface area contributed by atoms with Gasteiger partial charge in [0.2, 0.25) is 0 Å². The summed E-state index contributed by atoms with van der Waals surface area (Å²) >= 11 is 0. The van der Waals surface area contributed by atoms with E-state index < -0.39 is 0 Å². The third-order valence-corrected chi connectivity index (χ3v) is 2.84. The Hall–Kier alpha value is -1.59. The molecule has 19 heavy (non-hydrogen) atoms. The van der Waals surface area contributed by atoms with Crippen molar-refractivity contribution in [2.75, 3.05) is 33.8 Å². The first-order valence-corrected chi connectivity index (χ1v) is 6.41. The lowest BCUT2D eigenvalue weighted by Crippen LogP contribution is -2.27. The SMILES string of the molecule is CC(NCCN)c1ccc(OCC(=O)N(C)C)cc1. The summed E-state index contributed by atoms with van der Waals surface area (Å²) in [6, 6.07) is 7.98.